The first kappa shape index (κ1) is 14.1. The van der Waals surface area contributed by atoms with Crippen LogP contribution in [-0.2, 0) is 12.8 Å². The third-order valence-electron chi connectivity index (χ3n) is 3.89. The molecule has 1 aliphatic heterocycles. The third-order valence-corrected chi connectivity index (χ3v) is 3.89. The average molecular weight is 282 g/mol. The van der Waals surface area contributed by atoms with Gasteiger partial charge in [0, 0.05) is 23.2 Å². The summed E-state index contributed by atoms with van der Waals surface area (Å²) in [4.78, 5) is 9.24. The second-order valence-electron chi connectivity index (χ2n) is 6.21. The second-order valence-corrected chi connectivity index (χ2v) is 6.21. The molecule has 3 nitrogen and oxygen atoms in total. The maximum Gasteiger partial charge on any atom is 0.131 e. The van der Waals surface area contributed by atoms with Gasteiger partial charge in [-0.3, -0.25) is 0 Å². The summed E-state index contributed by atoms with van der Waals surface area (Å²) in [6.45, 7) is 7.10. The summed E-state index contributed by atoms with van der Waals surface area (Å²) in [6, 6.07) is 10.4. The molecule has 0 bridgehead atoms. The zero-order valence-corrected chi connectivity index (χ0v) is 13.0. The summed E-state index contributed by atoms with van der Waals surface area (Å²) in [5.74, 6) is 2.85. The highest BCUT2D eigenvalue weighted by atomic mass is 16.5. The number of nitrogens with zero attached hydrogens (tertiary/aromatic N) is 2. The van der Waals surface area contributed by atoms with E-state index in [1.54, 1.807) is 0 Å². The topological polar surface area (TPSA) is 35.0 Å². The Labute approximate surface area is 126 Å². The van der Waals surface area contributed by atoms with Gasteiger partial charge in [0.15, 0.2) is 0 Å². The van der Waals surface area contributed by atoms with E-state index in [4.69, 9.17) is 9.72 Å². The molecule has 0 spiro atoms. The first-order chi connectivity index (χ1) is 10.1. The van der Waals surface area contributed by atoms with Crippen LogP contribution in [0.15, 0.2) is 30.3 Å². The predicted octanol–water partition coefficient (Wildman–Crippen LogP) is 3.70. The molecule has 2 heterocycles. The van der Waals surface area contributed by atoms with Gasteiger partial charge in [-0.2, -0.15) is 0 Å². The molecule has 0 N–H and O–H groups in total. The van der Waals surface area contributed by atoms with E-state index in [0.717, 1.165) is 42.4 Å². The lowest BCUT2D eigenvalue weighted by Gasteiger charge is -2.25. The minimum absolute atomic E-state index is 0.368. The lowest BCUT2D eigenvalue weighted by atomic mass is 9.92. The first-order valence-electron chi connectivity index (χ1n) is 7.67. The quantitative estimate of drug-likeness (QED) is 0.861. The maximum atomic E-state index is 5.87. The Kier molecular flexibility index (Phi) is 3.91. The van der Waals surface area contributed by atoms with Crippen molar-refractivity contribution in [1.82, 2.24) is 9.97 Å². The number of benzene rings is 1. The van der Waals surface area contributed by atoms with Crippen molar-refractivity contribution in [2.24, 2.45) is 5.92 Å². The van der Waals surface area contributed by atoms with Crippen LogP contribution in [0.25, 0.3) is 0 Å². The van der Waals surface area contributed by atoms with Crippen LogP contribution in [0.5, 0.6) is 5.75 Å². The fourth-order valence-electron chi connectivity index (χ4n) is 2.84. The number of hydrogen-bond donors (Lipinski definition) is 0. The van der Waals surface area contributed by atoms with E-state index in [0.29, 0.717) is 11.8 Å². The fraction of sp³-hybridized carbons (Fsp3) is 0.444. The van der Waals surface area contributed by atoms with Crippen molar-refractivity contribution in [2.45, 2.75) is 39.5 Å². The van der Waals surface area contributed by atoms with Crippen LogP contribution >= 0.6 is 0 Å². The number of fused-ring (bicyclic) bond motifs is 1. The van der Waals surface area contributed by atoms with E-state index < -0.39 is 0 Å². The highest BCUT2D eigenvalue weighted by molar-refractivity contribution is 5.35. The number of aromatic nitrogens is 2. The van der Waals surface area contributed by atoms with Gasteiger partial charge in [-0.25, -0.2) is 9.97 Å². The maximum absolute atomic E-state index is 5.87. The van der Waals surface area contributed by atoms with Crippen LogP contribution in [0, 0.1) is 12.8 Å². The van der Waals surface area contributed by atoms with Gasteiger partial charge in [0.05, 0.1) is 6.61 Å². The monoisotopic (exact) mass is 282 g/mol. The molecule has 0 amide bonds. The van der Waals surface area contributed by atoms with Crippen molar-refractivity contribution in [3.8, 4) is 5.75 Å². The van der Waals surface area contributed by atoms with Crippen molar-refractivity contribution in [1.29, 1.82) is 0 Å². The lowest BCUT2D eigenvalue weighted by Crippen LogP contribution is -2.23. The Morgan fingerprint density at radius 1 is 1.24 bits per heavy atom. The average Bonchev–Trinajstić information content (AvgIpc) is 2.46. The van der Waals surface area contributed by atoms with Gasteiger partial charge in [0.1, 0.15) is 11.6 Å². The minimum atomic E-state index is 0.368. The largest absolute Gasteiger partial charge is 0.493 e. The summed E-state index contributed by atoms with van der Waals surface area (Å²) in [6.07, 6.45) is 2.02. The van der Waals surface area contributed by atoms with Gasteiger partial charge in [-0.15, -0.1) is 0 Å². The van der Waals surface area contributed by atoms with Gasteiger partial charge in [-0.1, -0.05) is 32.0 Å². The van der Waals surface area contributed by atoms with Crippen molar-refractivity contribution < 1.29 is 4.74 Å². The van der Waals surface area contributed by atoms with E-state index in [1.165, 1.54) is 5.56 Å². The Bertz CT molecular complexity index is 637. The molecular weight excluding hydrogens is 260 g/mol. The van der Waals surface area contributed by atoms with Gasteiger partial charge >= 0.3 is 0 Å². The first-order valence-corrected chi connectivity index (χ1v) is 7.67. The van der Waals surface area contributed by atoms with E-state index in [2.05, 4.69) is 43.1 Å². The molecule has 0 fully saturated rings. The van der Waals surface area contributed by atoms with Gasteiger partial charge < -0.3 is 4.74 Å². The minimum Gasteiger partial charge on any atom is -0.493 e. The van der Waals surface area contributed by atoms with Crippen molar-refractivity contribution in [3.05, 3.63) is 53.1 Å². The predicted molar refractivity (Wildman–Crippen MR) is 83.7 cm³/mol. The number of rotatable bonds is 3. The highest BCUT2D eigenvalue weighted by Gasteiger charge is 2.20. The molecule has 21 heavy (non-hydrogen) atoms. The van der Waals surface area contributed by atoms with E-state index in [1.807, 2.05) is 13.0 Å². The molecule has 1 aromatic carbocycles. The summed E-state index contributed by atoms with van der Waals surface area (Å²) in [5.41, 5.74) is 3.50. The normalized spacial score (nSPS) is 17.4. The molecular formula is C18H22N2O. The molecule has 1 unspecified atom stereocenters. The number of hydrogen-bond acceptors (Lipinski definition) is 3. The van der Waals surface area contributed by atoms with E-state index in [9.17, 15) is 0 Å². The smallest absolute Gasteiger partial charge is 0.131 e. The number of para-hydroxylation sites is 1. The highest BCUT2D eigenvalue weighted by Crippen LogP contribution is 2.28. The van der Waals surface area contributed by atoms with Crippen LogP contribution in [0.3, 0.4) is 0 Å². The molecule has 2 aromatic rings. The third kappa shape index (κ3) is 3.23. The molecule has 3 rings (SSSR count). The van der Waals surface area contributed by atoms with Crippen molar-refractivity contribution in [2.75, 3.05) is 6.61 Å². The Hall–Kier alpha value is -1.90. The van der Waals surface area contributed by atoms with E-state index >= 15 is 0 Å². The summed E-state index contributed by atoms with van der Waals surface area (Å²) < 4.78 is 5.87. The SMILES string of the molecule is Cc1cc(CC2COc3ccccc3C2)nc(C(C)C)n1. The number of aryl methyl sites for hydroxylation is 1. The molecule has 1 aliphatic rings. The Morgan fingerprint density at radius 2 is 2.05 bits per heavy atom. The van der Waals surface area contributed by atoms with Crippen LogP contribution in [0.4, 0.5) is 0 Å². The molecule has 0 aliphatic carbocycles. The molecule has 1 atom stereocenters. The molecule has 110 valence electrons. The van der Waals surface area contributed by atoms with Gasteiger partial charge in [-0.05, 0) is 37.5 Å². The molecule has 0 saturated heterocycles. The van der Waals surface area contributed by atoms with E-state index in [-0.39, 0.29) is 0 Å². The molecule has 0 radical (unpaired) electrons. The van der Waals surface area contributed by atoms with Crippen LogP contribution in [0.1, 0.15) is 42.5 Å². The van der Waals surface area contributed by atoms with Gasteiger partial charge in [0.25, 0.3) is 0 Å². The Balaban J connectivity index is 1.76. The van der Waals surface area contributed by atoms with Crippen LogP contribution in [-0.4, -0.2) is 16.6 Å². The molecule has 3 heteroatoms. The lowest BCUT2D eigenvalue weighted by molar-refractivity contribution is 0.220. The zero-order chi connectivity index (χ0) is 14.8. The molecule has 0 saturated carbocycles. The fourth-order valence-corrected chi connectivity index (χ4v) is 2.84. The second kappa shape index (κ2) is 5.84. The summed E-state index contributed by atoms with van der Waals surface area (Å²) in [7, 11) is 0. The Morgan fingerprint density at radius 3 is 2.86 bits per heavy atom. The van der Waals surface area contributed by atoms with Crippen LogP contribution in [0.2, 0.25) is 0 Å². The van der Waals surface area contributed by atoms with Crippen molar-refractivity contribution in [3.63, 3.8) is 0 Å². The van der Waals surface area contributed by atoms with Crippen LogP contribution < -0.4 is 4.74 Å². The molecule has 1 aromatic heterocycles. The summed E-state index contributed by atoms with van der Waals surface area (Å²) >= 11 is 0. The van der Waals surface area contributed by atoms with Crippen molar-refractivity contribution >= 4 is 0 Å². The van der Waals surface area contributed by atoms with Gasteiger partial charge in [0.2, 0.25) is 0 Å². The number of ether oxygens (including phenoxy) is 1. The zero-order valence-electron chi connectivity index (χ0n) is 13.0. The summed E-state index contributed by atoms with van der Waals surface area (Å²) in [5, 5.41) is 0. The standard InChI is InChI=1S/C18H22N2O/c1-12(2)18-19-13(3)8-16(20-18)10-14-9-15-6-4-5-7-17(15)21-11-14/h4-8,12,14H,9-11H2,1-3H3.